The van der Waals surface area contributed by atoms with Gasteiger partial charge in [0.05, 0.1) is 11.8 Å². The summed E-state index contributed by atoms with van der Waals surface area (Å²) in [4.78, 5) is 24.8. The maximum Gasteiger partial charge on any atom is 0.307 e. The molecule has 1 aliphatic heterocycles. The molecule has 3 aliphatic rings. The Bertz CT molecular complexity index is 780. The molecule has 6 nitrogen and oxygen atoms in total. The molecule has 25 heavy (non-hydrogen) atoms. The zero-order valence-electron chi connectivity index (χ0n) is 14.2. The lowest BCUT2D eigenvalue weighted by Gasteiger charge is -2.26. The average Bonchev–Trinajstić information content (AvgIpc) is 3.26. The molecule has 4 atom stereocenters. The third-order valence-electron chi connectivity index (χ3n) is 5.65. The number of anilines is 1. The summed E-state index contributed by atoms with van der Waals surface area (Å²) in [6.45, 7) is 4.19. The van der Waals surface area contributed by atoms with E-state index in [1.165, 1.54) is 5.57 Å². The van der Waals surface area contributed by atoms with Gasteiger partial charge in [-0.15, -0.1) is 0 Å². The van der Waals surface area contributed by atoms with Crippen LogP contribution in [0.25, 0.3) is 0 Å². The Balaban J connectivity index is 1.60. The third kappa shape index (κ3) is 2.47. The number of hydrogen-bond acceptors (Lipinski definition) is 4. The highest BCUT2D eigenvalue weighted by molar-refractivity contribution is 5.97. The van der Waals surface area contributed by atoms with Gasteiger partial charge >= 0.3 is 5.97 Å². The number of rotatable bonds is 3. The fourth-order valence-corrected chi connectivity index (χ4v) is 4.80. The van der Waals surface area contributed by atoms with E-state index in [4.69, 9.17) is 9.47 Å². The van der Waals surface area contributed by atoms with Gasteiger partial charge in [-0.3, -0.25) is 9.59 Å². The molecule has 2 N–H and O–H groups in total. The highest BCUT2D eigenvalue weighted by Gasteiger charge is 2.57. The molecule has 1 heterocycles. The van der Waals surface area contributed by atoms with Crippen molar-refractivity contribution in [3.8, 4) is 11.5 Å². The van der Waals surface area contributed by atoms with E-state index in [0.717, 1.165) is 18.4 Å². The number of carboxylic acids is 1. The molecule has 2 bridgehead atoms. The molecule has 0 unspecified atom stereocenters. The number of allylic oxidation sites excluding steroid dienone is 2. The highest BCUT2D eigenvalue weighted by atomic mass is 16.7. The minimum atomic E-state index is -0.878. The first-order valence-electron chi connectivity index (χ1n) is 8.58. The van der Waals surface area contributed by atoms with Crippen LogP contribution in [0.2, 0.25) is 0 Å². The van der Waals surface area contributed by atoms with Crippen LogP contribution in [0, 0.1) is 23.7 Å². The quantitative estimate of drug-likeness (QED) is 0.824. The minimum absolute atomic E-state index is 0.0139. The molecular weight excluding hydrogens is 322 g/mol. The van der Waals surface area contributed by atoms with Gasteiger partial charge in [0.25, 0.3) is 0 Å². The largest absolute Gasteiger partial charge is 0.481 e. The summed E-state index contributed by atoms with van der Waals surface area (Å²) in [6, 6.07) is 5.20. The van der Waals surface area contributed by atoms with Crippen LogP contribution in [0.15, 0.2) is 29.3 Å². The number of carboxylic acid groups (broad SMARTS) is 1. The monoisotopic (exact) mass is 343 g/mol. The average molecular weight is 343 g/mol. The zero-order chi connectivity index (χ0) is 17.7. The van der Waals surface area contributed by atoms with Crippen molar-refractivity contribution in [2.75, 3.05) is 12.1 Å². The first-order chi connectivity index (χ1) is 12.0. The van der Waals surface area contributed by atoms with Crippen LogP contribution in [0.4, 0.5) is 5.69 Å². The molecule has 2 saturated carbocycles. The van der Waals surface area contributed by atoms with E-state index in [1.54, 1.807) is 18.2 Å². The molecule has 1 aromatic rings. The normalized spacial score (nSPS) is 29.0. The van der Waals surface area contributed by atoms with Crippen molar-refractivity contribution in [1.29, 1.82) is 0 Å². The van der Waals surface area contributed by atoms with Crippen molar-refractivity contribution in [3.05, 3.63) is 29.3 Å². The van der Waals surface area contributed by atoms with Gasteiger partial charge in [-0.1, -0.05) is 11.1 Å². The van der Waals surface area contributed by atoms with Crippen molar-refractivity contribution >= 4 is 17.6 Å². The Kier molecular flexibility index (Phi) is 3.71. The van der Waals surface area contributed by atoms with E-state index in [0.29, 0.717) is 17.2 Å². The topological polar surface area (TPSA) is 84.9 Å². The van der Waals surface area contributed by atoms with Gasteiger partial charge in [-0.2, -0.15) is 0 Å². The molecule has 6 heteroatoms. The Hall–Kier alpha value is -2.50. The Morgan fingerprint density at radius 3 is 2.44 bits per heavy atom. The summed E-state index contributed by atoms with van der Waals surface area (Å²) in [6.07, 6.45) is 1.74. The van der Waals surface area contributed by atoms with Crippen LogP contribution in [0.5, 0.6) is 11.5 Å². The van der Waals surface area contributed by atoms with E-state index in [1.807, 2.05) is 13.8 Å². The van der Waals surface area contributed by atoms with Crippen LogP contribution in [0.3, 0.4) is 0 Å². The molecule has 132 valence electrons. The minimum Gasteiger partial charge on any atom is -0.481 e. The molecule has 0 saturated heterocycles. The lowest BCUT2D eigenvalue weighted by Crippen LogP contribution is -2.37. The molecule has 2 fully saturated rings. The predicted molar refractivity (Wildman–Crippen MR) is 90.4 cm³/mol. The van der Waals surface area contributed by atoms with Crippen LogP contribution in [-0.4, -0.2) is 23.8 Å². The van der Waals surface area contributed by atoms with Crippen molar-refractivity contribution in [2.24, 2.45) is 23.7 Å². The van der Waals surface area contributed by atoms with Crippen LogP contribution in [-0.2, 0) is 9.59 Å². The maximum absolute atomic E-state index is 12.9. The molecule has 0 radical (unpaired) electrons. The summed E-state index contributed by atoms with van der Waals surface area (Å²) in [5, 5.41) is 12.6. The van der Waals surface area contributed by atoms with Crippen molar-refractivity contribution in [1.82, 2.24) is 0 Å². The summed E-state index contributed by atoms with van der Waals surface area (Å²) >= 11 is 0. The smallest absolute Gasteiger partial charge is 0.307 e. The van der Waals surface area contributed by atoms with Crippen LogP contribution >= 0.6 is 0 Å². The van der Waals surface area contributed by atoms with Gasteiger partial charge < -0.3 is 19.9 Å². The van der Waals surface area contributed by atoms with Crippen LogP contribution in [0.1, 0.15) is 26.7 Å². The second kappa shape index (κ2) is 5.79. The van der Waals surface area contributed by atoms with E-state index >= 15 is 0 Å². The summed E-state index contributed by atoms with van der Waals surface area (Å²) in [5.74, 6) is -1.01. The fraction of sp³-hybridized carbons (Fsp3) is 0.474. The lowest BCUT2D eigenvalue weighted by atomic mass is 9.78. The van der Waals surface area contributed by atoms with Crippen molar-refractivity contribution in [2.45, 2.75) is 26.7 Å². The molecule has 0 aromatic heterocycles. The molecule has 0 spiro atoms. The first-order valence-corrected chi connectivity index (χ1v) is 8.58. The standard InChI is InChI=1S/C19H21NO5/c1-9(2)15-11-4-5-12(15)17(19(22)23)16(11)18(21)20-10-3-6-13-14(7-10)25-8-24-13/h3,6-7,11-12,16-17H,4-5,8H2,1-2H3,(H,20,21)(H,22,23)/t11-,12+,16+,17-/m0/s1. The summed E-state index contributed by atoms with van der Waals surface area (Å²) in [5.41, 5.74) is 2.93. The number of hydrogen-bond donors (Lipinski definition) is 2. The fourth-order valence-electron chi connectivity index (χ4n) is 4.80. The zero-order valence-corrected chi connectivity index (χ0v) is 14.2. The first kappa shape index (κ1) is 16.0. The second-order valence-corrected chi connectivity index (χ2v) is 7.19. The number of carbonyl (C=O) groups excluding carboxylic acids is 1. The maximum atomic E-state index is 12.9. The van der Waals surface area contributed by atoms with Crippen molar-refractivity contribution < 1.29 is 24.2 Å². The van der Waals surface area contributed by atoms with Gasteiger partial charge in [0.2, 0.25) is 12.7 Å². The number of benzene rings is 1. The lowest BCUT2D eigenvalue weighted by molar-refractivity contribution is -0.148. The third-order valence-corrected chi connectivity index (χ3v) is 5.65. The summed E-state index contributed by atoms with van der Waals surface area (Å²) < 4.78 is 10.6. The van der Waals surface area contributed by atoms with Crippen LogP contribution < -0.4 is 14.8 Å². The molecular formula is C19H21NO5. The number of aliphatic carboxylic acids is 1. The number of nitrogens with one attached hydrogen (secondary N) is 1. The van der Waals surface area contributed by atoms with Crippen molar-refractivity contribution in [3.63, 3.8) is 0 Å². The van der Waals surface area contributed by atoms with Gasteiger partial charge in [0.1, 0.15) is 0 Å². The number of ether oxygens (including phenoxy) is 2. The SMILES string of the molecule is CC(C)=C1[C@H]2CC[C@@H]1[C@@H](C(=O)Nc1ccc3c(c1)OCO3)[C@H]2C(=O)O. The Morgan fingerprint density at radius 2 is 1.76 bits per heavy atom. The summed E-state index contributed by atoms with van der Waals surface area (Å²) in [7, 11) is 0. The predicted octanol–water partition coefficient (Wildman–Crippen LogP) is 3.05. The number of fused-ring (bicyclic) bond motifs is 3. The van der Waals surface area contributed by atoms with Gasteiger partial charge in [0, 0.05) is 11.8 Å². The Morgan fingerprint density at radius 1 is 1.08 bits per heavy atom. The number of amides is 1. The molecule has 4 rings (SSSR count). The van der Waals surface area contributed by atoms with E-state index in [-0.39, 0.29) is 24.5 Å². The molecule has 1 amide bonds. The van der Waals surface area contributed by atoms with Gasteiger partial charge in [0.15, 0.2) is 11.5 Å². The van der Waals surface area contributed by atoms with E-state index in [9.17, 15) is 14.7 Å². The molecule has 1 aromatic carbocycles. The highest BCUT2D eigenvalue weighted by Crippen LogP contribution is 2.57. The Labute approximate surface area is 145 Å². The van der Waals surface area contributed by atoms with E-state index < -0.39 is 17.8 Å². The van der Waals surface area contributed by atoms with E-state index in [2.05, 4.69) is 5.32 Å². The number of carbonyl (C=O) groups is 2. The molecule has 2 aliphatic carbocycles. The van der Waals surface area contributed by atoms with Gasteiger partial charge in [-0.05, 0) is 50.7 Å². The second-order valence-electron chi connectivity index (χ2n) is 7.19. The van der Waals surface area contributed by atoms with Gasteiger partial charge in [-0.25, -0.2) is 0 Å².